The lowest BCUT2D eigenvalue weighted by atomic mass is 9.97. The van der Waals surface area contributed by atoms with Crippen LogP contribution in [0.5, 0.6) is 0 Å². The van der Waals surface area contributed by atoms with Gasteiger partial charge in [0.25, 0.3) is 0 Å². The number of aliphatic hydroxyl groups excluding tert-OH is 1. The molecule has 0 spiro atoms. The van der Waals surface area contributed by atoms with Gasteiger partial charge in [-0.2, -0.15) is 0 Å². The maximum Gasteiger partial charge on any atom is 0.195 e. The van der Waals surface area contributed by atoms with Crippen molar-refractivity contribution in [3.05, 3.63) is 41.3 Å². The third kappa shape index (κ3) is 3.61. The van der Waals surface area contributed by atoms with Crippen LogP contribution in [0.15, 0.2) is 12.1 Å². The lowest BCUT2D eigenvalue weighted by Crippen LogP contribution is -2.26. The maximum absolute atomic E-state index is 12.3. The first kappa shape index (κ1) is 15.3. The summed E-state index contributed by atoms with van der Waals surface area (Å²) in [4.78, 5) is 12.3. The van der Waals surface area contributed by atoms with Gasteiger partial charge in [-0.05, 0) is 38.8 Å². The molecular weight excluding hydrogens is 247 g/mol. The Morgan fingerprint density at radius 3 is 2.33 bits per heavy atom. The summed E-state index contributed by atoms with van der Waals surface area (Å²) in [7, 11) is 2.35. The summed E-state index contributed by atoms with van der Waals surface area (Å²) in [5, 5.41) is 8.87. The van der Waals surface area contributed by atoms with Gasteiger partial charge in [0.15, 0.2) is 5.78 Å². The van der Waals surface area contributed by atoms with Crippen molar-refractivity contribution in [1.82, 2.24) is 0 Å². The zero-order valence-corrected chi connectivity index (χ0v) is 12.2. The Hall–Kier alpha value is -0.760. The fourth-order valence-electron chi connectivity index (χ4n) is 2.02. The molecule has 18 heavy (non-hydrogen) atoms. The lowest BCUT2D eigenvalue weighted by Gasteiger charge is -2.18. The monoisotopic (exact) mass is 267 g/mol. The fraction of sp³-hybridized carbons (Fsp3) is 0.429. The molecule has 1 aromatic carbocycles. The van der Waals surface area contributed by atoms with Crippen LogP contribution in [0.3, 0.4) is 0 Å². The van der Waals surface area contributed by atoms with Crippen LogP contribution in [0.4, 0.5) is 0 Å². The molecule has 0 amide bonds. The predicted molar refractivity (Wildman–Crippen MR) is 75.8 cm³/mol. The molecule has 1 aromatic rings. The number of hydrogen-bond acceptors (Lipinski definition) is 3. The van der Waals surface area contributed by atoms with Gasteiger partial charge in [0.05, 0.1) is 12.7 Å². The van der Waals surface area contributed by atoms with E-state index in [0.29, 0.717) is 5.56 Å². The first-order valence-corrected chi connectivity index (χ1v) is 6.50. The minimum Gasteiger partial charge on any atom is -0.394 e. The summed E-state index contributed by atoms with van der Waals surface area (Å²) in [6.07, 6.45) is -0.595. The van der Waals surface area contributed by atoms with Crippen molar-refractivity contribution in [3.63, 3.8) is 0 Å². The summed E-state index contributed by atoms with van der Waals surface area (Å²) in [5.74, 6) is -0.781. The molecule has 4 heteroatoms. The van der Waals surface area contributed by atoms with Crippen LogP contribution >= 0.6 is 9.24 Å². The van der Waals surface area contributed by atoms with Crippen molar-refractivity contribution in [2.45, 2.75) is 32.7 Å². The minimum absolute atomic E-state index is 0.0999. The number of rotatable bonds is 5. The van der Waals surface area contributed by atoms with E-state index in [-0.39, 0.29) is 12.4 Å². The van der Waals surface area contributed by atoms with Crippen molar-refractivity contribution >= 4 is 15.0 Å². The predicted octanol–water partition coefficient (Wildman–Crippen LogP) is 2.21. The number of hydrogen-bond donors (Lipinski definition) is 1. The number of Topliss-reactive ketones (excluding diaryl/α,β-unsaturated/α-hetero) is 1. The molecule has 1 N–H and O–H groups in total. The molecule has 0 aliphatic carbocycles. The SMILES string of the molecule is [CH2][C@@H](CO)OC(P)C(=O)c1c(C)cc(C)cc1C. The molecule has 0 saturated carbocycles. The molecule has 0 saturated heterocycles. The molecule has 1 rings (SSSR count). The summed E-state index contributed by atoms with van der Waals surface area (Å²) in [5.41, 5.74) is 3.70. The Morgan fingerprint density at radius 2 is 1.89 bits per heavy atom. The van der Waals surface area contributed by atoms with Crippen molar-refractivity contribution in [3.8, 4) is 0 Å². The average molecular weight is 267 g/mol. The highest BCUT2D eigenvalue weighted by Crippen LogP contribution is 2.21. The van der Waals surface area contributed by atoms with E-state index < -0.39 is 11.9 Å². The third-order valence-corrected chi connectivity index (χ3v) is 3.18. The van der Waals surface area contributed by atoms with E-state index in [2.05, 4.69) is 16.2 Å². The largest absolute Gasteiger partial charge is 0.394 e. The maximum atomic E-state index is 12.3. The van der Waals surface area contributed by atoms with Crippen LogP contribution in [0, 0.1) is 27.7 Å². The summed E-state index contributed by atoms with van der Waals surface area (Å²) in [6.45, 7) is 9.22. The minimum atomic E-state index is -0.681. The highest BCUT2D eigenvalue weighted by molar-refractivity contribution is 7.19. The summed E-state index contributed by atoms with van der Waals surface area (Å²) < 4.78 is 5.31. The molecule has 1 radical (unpaired) electrons. The molecule has 0 aliphatic heterocycles. The average Bonchev–Trinajstić information content (AvgIpc) is 2.27. The summed E-state index contributed by atoms with van der Waals surface area (Å²) in [6, 6.07) is 3.96. The molecule has 0 aliphatic rings. The first-order chi connectivity index (χ1) is 8.36. The Balaban J connectivity index is 2.97. The Morgan fingerprint density at radius 1 is 1.39 bits per heavy atom. The van der Waals surface area contributed by atoms with Gasteiger partial charge in [0.2, 0.25) is 0 Å². The number of aryl methyl sites for hydroxylation is 3. The van der Waals surface area contributed by atoms with Crippen LogP contribution in [-0.4, -0.2) is 29.4 Å². The van der Waals surface area contributed by atoms with Crippen molar-refractivity contribution in [1.29, 1.82) is 0 Å². The van der Waals surface area contributed by atoms with E-state index in [4.69, 9.17) is 9.84 Å². The zero-order valence-electron chi connectivity index (χ0n) is 11.1. The number of carbonyl (C=O) groups is 1. The lowest BCUT2D eigenvalue weighted by molar-refractivity contribution is 0.0250. The Bertz CT molecular complexity index is 420. The van der Waals surface area contributed by atoms with Crippen LogP contribution < -0.4 is 0 Å². The number of carbonyl (C=O) groups excluding carboxylic acids is 1. The normalized spacial score (nSPS) is 14.3. The molecule has 3 nitrogen and oxygen atoms in total. The van der Waals surface area contributed by atoms with Gasteiger partial charge in [0.1, 0.15) is 5.85 Å². The molecule has 0 bridgehead atoms. The number of ketones is 1. The standard InChI is InChI=1S/C14H20O3P/c1-8-5-9(2)12(10(3)6-8)13(16)14(18)17-11(4)7-15/h5-6,11,14-15H,4,7,18H2,1-3H3/t11-,14?/m0/s1. The van der Waals surface area contributed by atoms with Crippen LogP contribution in [0.1, 0.15) is 27.0 Å². The second kappa shape index (κ2) is 6.42. The highest BCUT2D eigenvalue weighted by Gasteiger charge is 2.21. The van der Waals surface area contributed by atoms with Gasteiger partial charge in [-0.15, -0.1) is 0 Å². The molecule has 99 valence electrons. The van der Waals surface area contributed by atoms with Crippen LogP contribution in [-0.2, 0) is 4.74 Å². The van der Waals surface area contributed by atoms with Gasteiger partial charge >= 0.3 is 0 Å². The van der Waals surface area contributed by atoms with E-state index >= 15 is 0 Å². The zero-order chi connectivity index (χ0) is 13.9. The molecule has 0 aromatic heterocycles. The molecule has 2 unspecified atom stereocenters. The fourth-order valence-corrected chi connectivity index (χ4v) is 2.41. The molecule has 0 fully saturated rings. The van der Waals surface area contributed by atoms with E-state index in [1.54, 1.807) is 0 Å². The quantitative estimate of drug-likeness (QED) is 0.657. The van der Waals surface area contributed by atoms with E-state index in [9.17, 15) is 4.79 Å². The van der Waals surface area contributed by atoms with E-state index in [0.717, 1.165) is 16.7 Å². The Labute approximate surface area is 111 Å². The van der Waals surface area contributed by atoms with Gasteiger partial charge < -0.3 is 9.84 Å². The van der Waals surface area contributed by atoms with Crippen LogP contribution in [0.25, 0.3) is 0 Å². The summed E-state index contributed by atoms with van der Waals surface area (Å²) >= 11 is 0. The number of aliphatic hydroxyl groups is 1. The highest BCUT2D eigenvalue weighted by atomic mass is 31.0. The number of benzene rings is 1. The molecule has 3 atom stereocenters. The van der Waals surface area contributed by atoms with Crippen molar-refractivity contribution in [2.75, 3.05) is 6.61 Å². The topological polar surface area (TPSA) is 46.5 Å². The first-order valence-electron chi connectivity index (χ1n) is 5.83. The van der Waals surface area contributed by atoms with Crippen molar-refractivity contribution < 1.29 is 14.6 Å². The third-order valence-electron chi connectivity index (χ3n) is 2.72. The second-order valence-corrected chi connectivity index (χ2v) is 5.10. The van der Waals surface area contributed by atoms with E-state index in [1.807, 2.05) is 32.9 Å². The molecule has 0 heterocycles. The Kier molecular flexibility index (Phi) is 5.46. The van der Waals surface area contributed by atoms with E-state index in [1.165, 1.54) is 0 Å². The van der Waals surface area contributed by atoms with Gasteiger partial charge in [0, 0.05) is 5.56 Å². The number of ether oxygens (including phenoxy) is 1. The van der Waals surface area contributed by atoms with Gasteiger partial charge in [-0.25, -0.2) is 0 Å². The van der Waals surface area contributed by atoms with Gasteiger partial charge in [-0.1, -0.05) is 26.9 Å². The second-order valence-electron chi connectivity index (χ2n) is 4.50. The molecular formula is C14H20O3P. The van der Waals surface area contributed by atoms with Crippen LogP contribution in [0.2, 0.25) is 0 Å². The smallest absolute Gasteiger partial charge is 0.195 e. The van der Waals surface area contributed by atoms with Gasteiger partial charge in [-0.3, -0.25) is 4.79 Å². The van der Waals surface area contributed by atoms with Crippen molar-refractivity contribution in [2.24, 2.45) is 0 Å².